The Morgan fingerprint density at radius 2 is 2.06 bits per heavy atom. The van der Waals surface area contributed by atoms with Crippen molar-refractivity contribution in [2.45, 2.75) is 33.8 Å². The lowest BCUT2D eigenvalue weighted by Crippen LogP contribution is -2.29. The highest BCUT2D eigenvalue weighted by atomic mass is 19.1. The Labute approximate surface area is 107 Å². The van der Waals surface area contributed by atoms with Crippen LogP contribution in [0.4, 0.5) is 10.1 Å². The van der Waals surface area contributed by atoms with Crippen LogP contribution < -0.4 is 5.32 Å². The van der Waals surface area contributed by atoms with E-state index in [2.05, 4.69) is 5.32 Å². The second kappa shape index (κ2) is 6.50. The zero-order valence-electron chi connectivity index (χ0n) is 11.3. The molecule has 0 fully saturated rings. The molecule has 0 spiro atoms. The van der Waals surface area contributed by atoms with Gasteiger partial charge in [0.25, 0.3) is 5.91 Å². The predicted molar refractivity (Wildman–Crippen MR) is 70.0 cm³/mol. The topological polar surface area (TPSA) is 38.3 Å². The number of hydrogen-bond acceptors (Lipinski definition) is 2. The molecular formula is C14H20FNO2. The molecule has 1 atom stereocenters. The number of benzene rings is 1. The average molecular weight is 253 g/mol. The first-order valence-electron chi connectivity index (χ1n) is 6.08. The third kappa shape index (κ3) is 4.45. The maximum Gasteiger partial charge on any atom is 0.253 e. The maximum absolute atomic E-state index is 13.5. The lowest BCUT2D eigenvalue weighted by molar-refractivity contribution is -0.126. The Bertz CT molecular complexity index is 418. The van der Waals surface area contributed by atoms with Gasteiger partial charge in [-0.25, -0.2) is 4.39 Å². The van der Waals surface area contributed by atoms with Crippen molar-refractivity contribution in [2.75, 3.05) is 11.9 Å². The van der Waals surface area contributed by atoms with Crippen LogP contribution in [0.3, 0.4) is 0 Å². The van der Waals surface area contributed by atoms with Gasteiger partial charge in [0.05, 0.1) is 5.69 Å². The average Bonchev–Trinajstić information content (AvgIpc) is 2.30. The predicted octanol–water partition coefficient (Wildman–Crippen LogP) is 3.13. The molecule has 1 rings (SSSR count). The highest BCUT2D eigenvalue weighted by Crippen LogP contribution is 2.16. The highest BCUT2D eigenvalue weighted by Gasteiger charge is 2.15. The molecule has 1 aromatic carbocycles. The van der Waals surface area contributed by atoms with E-state index < -0.39 is 11.9 Å². The van der Waals surface area contributed by atoms with Crippen LogP contribution in [0.15, 0.2) is 18.2 Å². The number of carbonyl (C=O) groups is 1. The SMILES string of the molecule is Cc1ccc(F)c(NC(=O)[C@@H](C)OCC(C)C)c1. The summed E-state index contributed by atoms with van der Waals surface area (Å²) in [5, 5.41) is 2.54. The molecule has 0 radical (unpaired) electrons. The van der Waals surface area contributed by atoms with Crippen molar-refractivity contribution in [3.05, 3.63) is 29.6 Å². The first-order chi connectivity index (χ1) is 8.40. The quantitative estimate of drug-likeness (QED) is 0.875. The molecule has 0 saturated heterocycles. The molecule has 1 N–H and O–H groups in total. The molecule has 100 valence electrons. The molecule has 4 heteroatoms. The summed E-state index contributed by atoms with van der Waals surface area (Å²) in [5.74, 6) is -0.416. The normalized spacial score (nSPS) is 12.6. The highest BCUT2D eigenvalue weighted by molar-refractivity contribution is 5.94. The minimum Gasteiger partial charge on any atom is -0.368 e. The molecule has 1 amide bonds. The fourth-order valence-corrected chi connectivity index (χ4v) is 1.38. The van der Waals surface area contributed by atoms with Crippen molar-refractivity contribution in [2.24, 2.45) is 5.92 Å². The van der Waals surface area contributed by atoms with Crippen molar-refractivity contribution in [1.29, 1.82) is 0 Å². The Kier molecular flexibility index (Phi) is 5.28. The number of ether oxygens (including phenoxy) is 1. The van der Waals surface area contributed by atoms with Gasteiger partial charge in [0, 0.05) is 6.61 Å². The molecule has 1 aromatic rings. The molecule has 0 saturated carbocycles. The second-order valence-corrected chi connectivity index (χ2v) is 4.84. The summed E-state index contributed by atoms with van der Waals surface area (Å²) >= 11 is 0. The largest absolute Gasteiger partial charge is 0.368 e. The van der Waals surface area contributed by atoms with Gasteiger partial charge in [-0.3, -0.25) is 4.79 Å². The van der Waals surface area contributed by atoms with Crippen LogP contribution in [-0.4, -0.2) is 18.6 Å². The van der Waals surface area contributed by atoms with Crippen molar-refractivity contribution in [3.8, 4) is 0 Å². The number of rotatable bonds is 5. The van der Waals surface area contributed by atoms with Gasteiger partial charge in [0.1, 0.15) is 11.9 Å². The fourth-order valence-electron chi connectivity index (χ4n) is 1.38. The van der Waals surface area contributed by atoms with Gasteiger partial charge in [0.2, 0.25) is 0 Å². The summed E-state index contributed by atoms with van der Waals surface area (Å²) in [6, 6.07) is 4.59. The lowest BCUT2D eigenvalue weighted by atomic mass is 10.2. The van der Waals surface area contributed by atoms with E-state index in [1.54, 1.807) is 19.1 Å². The molecule has 0 heterocycles. The second-order valence-electron chi connectivity index (χ2n) is 4.84. The van der Waals surface area contributed by atoms with Crippen LogP contribution in [0.25, 0.3) is 0 Å². The Morgan fingerprint density at radius 1 is 1.39 bits per heavy atom. The first-order valence-corrected chi connectivity index (χ1v) is 6.08. The van der Waals surface area contributed by atoms with E-state index in [1.807, 2.05) is 20.8 Å². The number of halogens is 1. The molecule has 0 aliphatic carbocycles. The first kappa shape index (κ1) is 14.6. The van der Waals surface area contributed by atoms with E-state index in [4.69, 9.17) is 4.74 Å². The van der Waals surface area contributed by atoms with Crippen molar-refractivity contribution >= 4 is 11.6 Å². The molecule has 3 nitrogen and oxygen atoms in total. The smallest absolute Gasteiger partial charge is 0.253 e. The lowest BCUT2D eigenvalue weighted by Gasteiger charge is -2.15. The number of nitrogens with one attached hydrogen (secondary N) is 1. The summed E-state index contributed by atoms with van der Waals surface area (Å²) in [4.78, 5) is 11.8. The standard InChI is InChI=1S/C14H20FNO2/c1-9(2)8-18-11(4)14(17)16-13-7-10(3)5-6-12(13)15/h5-7,9,11H,8H2,1-4H3,(H,16,17)/t11-/m1/s1. The van der Waals surface area contributed by atoms with Crippen molar-refractivity contribution in [3.63, 3.8) is 0 Å². The summed E-state index contributed by atoms with van der Waals surface area (Å²) in [6.07, 6.45) is -0.590. The van der Waals surface area contributed by atoms with Gasteiger partial charge in [0.15, 0.2) is 0 Å². The van der Waals surface area contributed by atoms with Gasteiger partial charge in [-0.1, -0.05) is 19.9 Å². The summed E-state index contributed by atoms with van der Waals surface area (Å²) in [7, 11) is 0. The number of hydrogen-bond donors (Lipinski definition) is 1. The molecule has 18 heavy (non-hydrogen) atoms. The monoisotopic (exact) mass is 253 g/mol. The Hall–Kier alpha value is -1.42. The minimum absolute atomic E-state index is 0.194. The van der Waals surface area contributed by atoms with Crippen LogP contribution in [0, 0.1) is 18.7 Å². The Balaban J connectivity index is 2.61. The summed E-state index contributed by atoms with van der Waals surface area (Å²) in [5.41, 5.74) is 1.09. The van der Waals surface area contributed by atoms with E-state index in [1.165, 1.54) is 6.07 Å². The van der Waals surface area contributed by atoms with Crippen LogP contribution >= 0.6 is 0 Å². The molecule has 0 bridgehead atoms. The van der Waals surface area contributed by atoms with E-state index in [-0.39, 0.29) is 11.6 Å². The van der Waals surface area contributed by atoms with Crippen LogP contribution in [0.1, 0.15) is 26.3 Å². The molecule has 0 aliphatic rings. The third-order valence-electron chi connectivity index (χ3n) is 2.43. The zero-order chi connectivity index (χ0) is 13.7. The molecule has 0 aliphatic heterocycles. The minimum atomic E-state index is -0.590. The molecule has 0 aromatic heterocycles. The van der Waals surface area contributed by atoms with Gasteiger partial charge in [-0.05, 0) is 37.5 Å². The molecule has 0 unspecified atom stereocenters. The van der Waals surface area contributed by atoms with Gasteiger partial charge >= 0.3 is 0 Å². The number of amides is 1. The van der Waals surface area contributed by atoms with Gasteiger partial charge in [-0.2, -0.15) is 0 Å². The van der Waals surface area contributed by atoms with E-state index in [0.717, 1.165) is 5.56 Å². The zero-order valence-corrected chi connectivity index (χ0v) is 11.3. The van der Waals surface area contributed by atoms with E-state index in [0.29, 0.717) is 12.5 Å². The number of aryl methyl sites for hydroxylation is 1. The third-order valence-corrected chi connectivity index (χ3v) is 2.43. The number of anilines is 1. The van der Waals surface area contributed by atoms with Gasteiger partial charge in [-0.15, -0.1) is 0 Å². The van der Waals surface area contributed by atoms with Crippen molar-refractivity contribution in [1.82, 2.24) is 0 Å². The Morgan fingerprint density at radius 3 is 2.67 bits per heavy atom. The summed E-state index contributed by atoms with van der Waals surface area (Å²) in [6.45, 7) is 8.01. The fraction of sp³-hybridized carbons (Fsp3) is 0.500. The maximum atomic E-state index is 13.5. The molecular weight excluding hydrogens is 233 g/mol. The van der Waals surface area contributed by atoms with Crippen LogP contribution in [-0.2, 0) is 9.53 Å². The van der Waals surface area contributed by atoms with Gasteiger partial charge < -0.3 is 10.1 Å². The number of carbonyl (C=O) groups excluding carboxylic acids is 1. The van der Waals surface area contributed by atoms with E-state index >= 15 is 0 Å². The summed E-state index contributed by atoms with van der Waals surface area (Å²) < 4.78 is 18.8. The van der Waals surface area contributed by atoms with Crippen LogP contribution in [0.2, 0.25) is 0 Å². The van der Waals surface area contributed by atoms with Crippen LogP contribution in [0.5, 0.6) is 0 Å². The van der Waals surface area contributed by atoms with Crippen molar-refractivity contribution < 1.29 is 13.9 Å². The van der Waals surface area contributed by atoms with E-state index in [9.17, 15) is 9.18 Å².